The van der Waals surface area contributed by atoms with E-state index in [0.29, 0.717) is 0 Å². The Morgan fingerprint density at radius 1 is 1.38 bits per heavy atom. The number of nitrogens with zero attached hydrogens (tertiary/aromatic N) is 3. The summed E-state index contributed by atoms with van der Waals surface area (Å²) < 4.78 is 1.96. The second-order valence-corrected chi connectivity index (χ2v) is 3.06. The molecule has 1 rings (SSSR count). The van der Waals surface area contributed by atoms with Crippen LogP contribution in [0.15, 0.2) is 6.58 Å². The molecule has 1 N–H and O–H groups in total. The first-order valence-electron chi connectivity index (χ1n) is 4.21. The van der Waals surface area contributed by atoms with Gasteiger partial charge in [0.1, 0.15) is 0 Å². The van der Waals surface area contributed by atoms with Crippen molar-refractivity contribution in [3.63, 3.8) is 0 Å². The highest BCUT2D eigenvalue weighted by atomic mass is 15.6. The van der Waals surface area contributed by atoms with Crippen molar-refractivity contribution in [2.75, 3.05) is 0 Å². The second kappa shape index (κ2) is 3.51. The summed E-state index contributed by atoms with van der Waals surface area (Å²) in [6.07, 6.45) is 1.68. The minimum Gasteiger partial charge on any atom is -0.273 e. The lowest BCUT2D eigenvalue weighted by molar-refractivity contribution is 0.550. The molecule has 0 atom stereocenters. The highest BCUT2D eigenvalue weighted by Crippen LogP contribution is 2.05. The van der Waals surface area contributed by atoms with Crippen LogP contribution in [0.2, 0.25) is 0 Å². The third-order valence-electron chi connectivity index (χ3n) is 2.39. The molecule has 4 heteroatoms. The van der Waals surface area contributed by atoms with Gasteiger partial charge in [-0.15, -0.1) is 0 Å². The number of hydrogen-bond acceptors (Lipinski definition) is 1. The topological polar surface area (TPSA) is 38.5 Å². The molecule has 0 saturated carbocycles. The van der Waals surface area contributed by atoms with E-state index in [9.17, 15) is 0 Å². The van der Waals surface area contributed by atoms with Crippen LogP contribution in [-0.2, 0) is 7.05 Å². The standard InChI is InChI=1S/C9H16N4/c1-6-13-11-10-8(3)7(2)9(4)12(13)5/h6,11H,1H2,2-5H3. The molecule has 4 nitrogen and oxygen atoms in total. The Morgan fingerprint density at radius 3 is 2.54 bits per heavy atom. The molecule has 1 aromatic rings. The van der Waals surface area contributed by atoms with Gasteiger partial charge in [0, 0.05) is 18.9 Å². The maximum atomic E-state index is 4.18. The number of aromatic nitrogens is 4. The summed E-state index contributed by atoms with van der Waals surface area (Å²) in [6.45, 7) is 9.78. The highest BCUT2D eigenvalue weighted by molar-refractivity contribution is 5.20. The number of H-pyrrole nitrogens is 1. The third kappa shape index (κ3) is 1.66. The highest BCUT2D eigenvalue weighted by Gasteiger charge is 1.99. The summed E-state index contributed by atoms with van der Waals surface area (Å²) in [5.41, 5.74) is 3.33. The zero-order chi connectivity index (χ0) is 10.0. The third-order valence-corrected chi connectivity index (χ3v) is 2.39. The lowest BCUT2D eigenvalue weighted by Crippen LogP contribution is -2.10. The van der Waals surface area contributed by atoms with Crippen LogP contribution < -0.4 is 0 Å². The van der Waals surface area contributed by atoms with Crippen LogP contribution in [0.1, 0.15) is 17.0 Å². The van der Waals surface area contributed by atoms with E-state index >= 15 is 0 Å². The predicted molar refractivity (Wildman–Crippen MR) is 53.8 cm³/mol. The fourth-order valence-corrected chi connectivity index (χ4v) is 1.11. The van der Waals surface area contributed by atoms with Gasteiger partial charge < -0.3 is 0 Å². The molecular formula is C9H16N4. The van der Waals surface area contributed by atoms with Gasteiger partial charge in [0.05, 0.1) is 5.69 Å². The van der Waals surface area contributed by atoms with Crippen molar-refractivity contribution in [1.82, 2.24) is 19.8 Å². The first-order chi connectivity index (χ1) is 6.07. The van der Waals surface area contributed by atoms with Gasteiger partial charge >= 0.3 is 0 Å². The summed E-state index contributed by atoms with van der Waals surface area (Å²) in [5, 5.41) is 7.06. The van der Waals surface area contributed by atoms with Gasteiger partial charge in [-0.05, 0) is 26.3 Å². The Kier molecular flexibility index (Phi) is 2.60. The predicted octanol–water partition coefficient (Wildman–Crippen LogP) is 1.70. The van der Waals surface area contributed by atoms with E-state index in [0.717, 1.165) is 11.4 Å². The van der Waals surface area contributed by atoms with Crippen LogP contribution in [0.4, 0.5) is 0 Å². The summed E-state index contributed by atoms with van der Waals surface area (Å²) >= 11 is 0. The lowest BCUT2D eigenvalue weighted by atomic mass is 10.2. The fraction of sp³-hybridized carbons (Fsp3) is 0.444. The molecule has 72 valence electrons. The van der Waals surface area contributed by atoms with E-state index in [4.69, 9.17) is 0 Å². The van der Waals surface area contributed by atoms with Crippen molar-refractivity contribution < 1.29 is 0 Å². The molecular weight excluding hydrogens is 164 g/mol. The van der Waals surface area contributed by atoms with E-state index in [1.807, 2.05) is 18.7 Å². The average molecular weight is 180 g/mol. The maximum absolute atomic E-state index is 4.18. The van der Waals surface area contributed by atoms with Gasteiger partial charge in [-0.25, -0.2) is 0 Å². The molecule has 0 saturated heterocycles. The molecule has 0 spiro atoms. The van der Waals surface area contributed by atoms with Crippen LogP contribution in [0.3, 0.4) is 0 Å². The van der Waals surface area contributed by atoms with Crippen LogP contribution in [-0.4, -0.2) is 19.8 Å². The molecule has 0 bridgehead atoms. The monoisotopic (exact) mass is 180 g/mol. The average Bonchev–Trinajstić information content (AvgIpc) is 2.22. The van der Waals surface area contributed by atoms with Gasteiger partial charge in [-0.3, -0.25) is 4.68 Å². The van der Waals surface area contributed by atoms with E-state index in [1.165, 1.54) is 5.56 Å². The summed E-state index contributed by atoms with van der Waals surface area (Å²) in [7, 11) is 1.96. The molecule has 1 aromatic heterocycles. The number of rotatable bonds is 1. The van der Waals surface area contributed by atoms with Crippen molar-refractivity contribution in [3.8, 4) is 0 Å². The van der Waals surface area contributed by atoms with Crippen molar-refractivity contribution in [3.05, 3.63) is 23.5 Å². The summed E-state index contributed by atoms with van der Waals surface area (Å²) in [4.78, 5) is 1.73. The fourth-order valence-electron chi connectivity index (χ4n) is 1.11. The van der Waals surface area contributed by atoms with Gasteiger partial charge in [0.15, 0.2) is 0 Å². The number of aromatic amines is 1. The van der Waals surface area contributed by atoms with E-state index in [1.54, 1.807) is 11.0 Å². The molecule has 1 heterocycles. The van der Waals surface area contributed by atoms with Crippen molar-refractivity contribution in [1.29, 1.82) is 0 Å². The first-order valence-corrected chi connectivity index (χ1v) is 4.21. The Balaban J connectivity index is 3.62. The van der Waals surface area contributed by atoms with E-state index in [2.05, 4.69) is 30.7 Å². The number of nitrogens with one attached hydrogen (secondary N) is 1. The smallest absolute Gasteiger partial charge is 0.0639 e. The molecule has 0 aliphatic heterocycles. The van der Waals surface area contributed by atoms with Crippen molar-refractivity contribution in [2.24, 2.45) is 7.05 Å². The molecule has 0 radical (unpaired) electrons. The normalized spacial score (nSPS) is 9.85. The quantitative estimate of drug-likeness (QED) is 0.702. The SMILES string of the molecule is C=Cn1[nH]nc(C)c(C)c(C)n1C. The summed E-state index contributed by atoms with van der Waals surface area (Å²) in [6, 6.07) is 0. The van der Waals surface area contributed by atoms with Crippen LogP contribution in [0, 0.1) is 20.8 Å². The molecule has 0 aliphatic carbocycles. The van der Waals surface area contributed by atoms with E-state index in [-0.39, 0.29) is 0 Å². The minimum absolute atomic E-state index is 0.994. The number of hydrogen-bond donors (Lipinski definition) is 1. The van der Waals surface area contributed by atoms with E-state index < -0.39 is 0 Å². The minimum atomic E-state index is 0.994. The zero-order valence-electron chi connectivity index (χ0n) is 8.63. The van der Waals surface area contributed by atoms with Crippen molar-refractivity contribution in [2.45, 2.75) is 20.8 Å². The van der Waals surface area contributed by atoms with Crippen LogP contribution in [0.5, 0.6) is 0 Å². The van der Waals surface area contributed by atoms with Crippen LogP contribution in [0.25, 0.3) is 6.20 Å². The largest absolute Gasteiger partial charge is 0.273 e. The van der Waals surface area contributed by atoms with Gasteiger partial charge in [-0.2, -0.15) is 15.1 Å². The summed E-state index contributed by atoms with van der Waals surface area (Å²) in [5.74, 6) is 0. The van der Waals surface area contributed by atoms with Gasteiger partial charge in [0.25, 0.3) is 0 Å². The van der Waals surface area contributed by atoms with Gasteiger partial charge in [-0.1, -0.05) is 6.58 Å². The molecule has 0 amide bonds. The van der Waals surface area contributed by atoms with Crippen LogP contribution >= 0.6 is 0 Å². The molecule has 0 fully saturated rings. The van der Waals surface area contributed by atoms with Gasteiger partial charge in [0.2, 0.25) is 0 Å². The molecule has 0 unspecified atom stereocenters. The zero-order valence-corrected chi connectivity index (χ0v) is 8.63. The molecule has 0 aromatic carbocycles. The number of aryl methyl sites for hydroxylation is 1. The second-order valence-electron chi connectivity index (χ2n) is 3.06. The lowest BCUT2D eigenvalue weighted by Gasteiger charge is -2.07. The Morgan fingerprint density at radius 2 is 2.00 bits per heavy atom. The molecule has 0 aliphatic rings. The Labute approximate surface area is 78.1 Å². The maximum Gasteiger partial charge on any atom is 0.0639 e. The first kappa shape index (κ1) is 9.64. The Bertz CT molecular complexity index is 363. The Hall–Kier alpha value is -1.45. The molecule has 13 heavy (non-hydrogen) atoms. The van der Waals surface area contributed by atoms with Crippen molar-refractivity contribution >= 4 is 6.20 Å².